The summed E-state index contributed by atoms with van der Waals surface area (Å²) in [4.78, 5) is 10.4. The Morgan fingerprint density at radius 1 is 0.400 bits per heavy atom. The highest BCUT2D eigenvalue weighted by molar-refractivity contribution is 6.13. The molecule has 0 amide bonds. The van der Waals surface area contributed by atoms with Crippen molar-refractivity contribution in [3.8, 4) is 67.3 Å². The zero-order valence-corrected chi connectivity index (χ0v) is 30.2. The normalized spacial score (nSPS) is 12.6. The Balaban J connectivity index is 1.06. The molecule has 2 aromatic heterocycles. The van der Waals surface area contributed by atoms with Gasteiger partial charge in [-0.05, 0) is 81.6 Å². The number of allylic oxidation sites excluding steroid dienone is 4. The predicted molar refractivity (Wildman–Crippen MR) is 228 cm³/mol. The van der Waals surface area contributed by atoms with Gasteiger partial charge in [-0.1, -0.05) is 170 Å². The van der Waals surface area contributed by atoms with Gasteiger partial charge in [-0.15, -0.1) is 0 Å². The molecule has 7 aromatic carbocycles. The summed E-state index contributed by atoms with van der Waals surface area (Å²) in [5, 5.41) is 2.05. The number of hydrogen-bond acceptors (Lipinski definition) is 3. The van der Waals surface area contributed by atoms with E-state index in [2.05, 4.69) is 176 Å². The van der Waals surface area contributed by atoms with Crippen LogP contribution in [0.2, 0.25) is 0 Å². The van der Waals surface area contributed by atoms with Crippen LogP contribution in [-0.2, 0) is 0 Å². The lowest BCUT2D eigenvalue weighted by molar-refractivity contribution is 0.669. The number of aromatic nitrogens is 2. The van der Waals surface area contributed by atoms with Crippen molar-refractivity contribution in [3.05, 3.63) is 200 Å². The van der Waals surface area contributed by atoms with Crippen LogP contribution in [-0.4, -0.2) is 9.97 Å². The highest BCUT2D eigenvalue weighted by Crippen LogP contribution is 2.40. The molecule has 3 nitrogen and oxygen atoms in total. The summed E-state index contributed by atoms with van der Waals surface area (Å²) in [6.45, 7) is 0. The molecule has 260 valence electrons. The van der Waals surface area contributed by atoms with Crippen molar-refractivity contribution in [2.45, 2.75) is 12.8 Å². The molecule has 1 aliphatic carbocycles. The maximum absolute atomic E-state index is 6.47. The van der Waals surface area contributed by atoms with Gasteiger partial charge in [0.25, 0.3) is 0 Å². The monoisotopic (exact) mass is 704 g/mol. The third kappa shape index (κ3) is 6.26. The van der Waals surface area contributed by atoms with E-state index < -0.39 is 0 Å². The fourth-order valence-electron chi connectivity index (χ4n) is 7.77. The van der Waals surface area contributed by atoms with E-state index in [9.17, 15) is 0 Å². The van der Waals surface area contributed by atoms with Gasteiger partial charge in [-0.25, -0.2) is 9.97 Å². The van der Waals surface area contributed by atoms with Gasteiger partial charge in [0.05, 0.1) is 11.4 Å². The van der Waals surface area contributed by atoms with E-state index in [0.29, 0.717) is 5.82 Å². The summed E-state index contributed by atoms with van der Waals surface area (Å²) in [5.41, 5.74) is 16.0. The van der Waals surface area contributed by atoms with Crippen molar-refractivity contribution in [1.82, 2.24) is 9.97 Å². The molecule has 0 spiro atoms. The second kappa shape index (κ2) is 14.0. The second-order valence-corrected chi connectivity index (χ2v) is 14.0. The molecule has 0 saturated carbocycles. The molecule has 0 aliphatic heterocycles. The minimum atomic E-state index is 0.665. The molecule has 55 heavy (non-hydrogen) atoms. The summed E-state index contributed by atoms with van der Waals surface area (Å²) in [5.74, 6) is 0.665. The summed E-state index contributed by atoms with van der Waals surface area (Å²) in [7, 11) is 0. The van der Waals surface area contributed by atoms with Crippen molar-refractivity contribution in [2.75, 3.05) is 0 Å². The minimum Gasteiger partial charge on any atom is -0.456 e. The van der Waals surface area contributed by atoms with Crippen LogP contribution < -0.4 is 0 Å². The number of hydrogen-bond donors (Lipinski definition) is 0. The highest BCUT2D eigenvalue weighted by atomic mass is 16.3. The number of furan rings is 1. The number of benzene rings is 7. The number of fused-ring (bicyclic) bond motifs is 3. The SMILES string of the molecule is C1=CC(c2ccc(-c3cc(-c4ccccc4)nc(-c4cccc5oc6ccc(-c7ccc(-c8ccccc8-c8ccccc8)cc7)cc6c45)n3)cc2)=CCC1. The Bertz CT molecular complexity index is 2880. The first kappa shape index (κ1) is 32.5. The molecule has 0 atom stereocenters. The molecular weight excluding hydrogens is 669 g/mol. The molecule has 0 radical (unpaired) electrons. The topological polar surface area (TPSA) is 38.9 Å². The van der Waals surface area contributed by atoms with E-state index in [0.717, 1.165) is 74.0 Å². The minimum absolute atomic E-state index is 0.665. The Kier molecular flexibility index (Phi) is 8.31. The van der Waals surface area contributed by atoms with E-state index in [-0.39, 0.29) is 0 Å². The van der Waals surface area contributed by atoms with E-state index >= 15 is 0 Å². The fourth-order valence-corrected chi connectivity index (χ4v) is 7.77. The summed E-state index contributed by atoms with van der Waals surface area (Å²) < 4.78 is 6.47. The van der Waals surface area contributed by atoms with Crippen molar-refractivity contribution >= 4 is 27.5 Å². The van der Waals surface area contributed by atoms with Crippen LogP contribution in [0.1, 0.15) is 18.4 Å². The first-order valence-electron chi connectivity index (χ1n) is 18.9. The zero-order valence-electron chi connectivity index (χ0n) is 30.2. The van der Waals surface area contributed by atoms with Crippen LogP contribution in [0.5, 0.6) is 0 Å². The fraction of sp³-hybridized carbons (Fsp3) is 0.0385. The molecule has 0 bridgehead atoms. The third-order valence-electron chi connectivity index (χ3n) is 10.6. The van der Waals surface area contributed by atoms with Gasteiger partial charge in [0.15, 0.2) is 5.82 Å². The lowest BCUT2D eigenvalue weighted by Gasteiger charge is -2.12. The Morgan fingerprint density at radius 3 is 1.65 bits per heavy atom. The van der Waals surface area contributed by atoms with Crippen LogP contribution >= 0.6 is 0 Å². The molecule has 0 fully saturated rings. The molecule has 1 aliphatic rings. The molecule has 2 heterocycles. The lowest BCUT2D eigenvalue weighted by atomic mass is 9.93. The Morgan fingerprint density at radius 2 is 0.964 bits per heavy atom. The van der Waals surface area contributed by atoms with Crippen molar-refractivity contribution < 1.29 is 4.42 Å². The smallest absolute Gasteiger partial charge is 0.161 e. The molecule has 10 rings (SSSR count). The van der Waals surface area contributed by atoms with Crippen molar-refractivity contribution in [2.24, 2.45) is 0 Å². The number of rotatable bonds is 7. The third-order valence-corrected chi connectivity index (χ3v) is 10.6. The summed E-state index contributed by atoms with van der Waals surface area (Å²) in [6.07, 6.45) is 8.96. The van der Waals surface area contributed by atoms with Crippen LogP contribution in [0.3, 0.4) is 0 Å². The quantitative estimate of drug-likeness (QED) is 0.166. The van der Waals surface area contributed by atoms with Gasteiger partial charge in [-0.3, -0.25) is 0 Å². The van der Waals surface area contributed by atoms with E-state index in [1.54, 1.807) is 0 Å². The van der Waals surface area contributed by atoms with Gasteiger partial charge in [0, 0.05) is 27.5 Å². The molecule has 0 N–H and O–H groups in total. The van der Waals surface area contributed by atoms with Gasteiger partial charge in [0.2, 0.25) is 0 Å². The van der Waals surface area contributed by atoms with Crippen LogP contribution in [0, 0.1) is 0 Å². The molecule has 0 saturated heterocycles. The van der Waals surface area contributed by atoms with Gasteiger partial charge < -0.3 is 4.42 Å². The number of nitrogens with zero attached hydrogens (tertiary/aromatic N) is 2. The first-order valence-corrected chi connectivity index (χ1v) is 18.9. The van der Waals surface area contributed by atoms with Crippen LogP contribution in [0.15, 0.2) is 199 Å². The van der Waals surface area contributed by atoms with Crippen LogP contribution in [0.4, 0.5) is 0 Å². The van der Waals surface area contributed by atoms with E-state index in [4.69, 9.17) is 14.4 Å². The Labute approximate surface area is 320 Å². The maximum atomic E-state index is 6.47. The van der Waals surface area contributed by atoms with Gasteiger partial charge >= 0.3 is 0 Å². The lowest BCUT2D eigenvalue weighted by Crippen LogP contribution is -1.96. The van der Waals surface area contributed by atoms with Crippen molar-refractivity contribution in [1.29, 1.82) is 0 Å². The summed E-state index contributed by atoms with van der Waals surface area (Å²) in [6, 6.07) is 61.9. The molecule has 3 heteroatoms. The first-order chi connectivity index (χ1) is 27.2. The largest absolute Gasteiger partial charge is 0.456 e. The molecule has 9 aromatic rings. The second-order valence-electron chi connectivity index (χ2n) is 14.0. The van der Waals surface area contributed by atoms with Gasteiger partial charge in [0.1, 0.15) is 11.2 Å². The Hall–Kier alpha value is -7.10. The average molecular weight is 705 g/mol. The van der Waals surface area contributed by atoms with Crippen LogP contribution in [0.25, 0.3) is 94.8 Å². The van der Waals surface area contributed by atoms with Gasteiger partial charge in [-0.2, -0.15) is 0 Å². The zero-order chi connectivity index (χ0) is 36.6. The highest BCUT2D eigenvalue weighted by Gasteiger charge is 2.18. The average Bonchev–Trinajstić information content (AvgIpc) is 3.66. The molecular formula is C52H36N2O. The van der Waals surface area contributed by atoms with E-state index in [1.807, 2.05) is 18.2 Å². The maximum Gasteiger partial charge on any atom is 0.161 e. The van der Waals surface area contributed by atoms with E-state index in [1.165, 1.54) is 33.4 Å². The van der Waals surface area contributed by atoms with Crippen molar-refractivity contribution in [3.63, 3.8) is 0 Å². The standard InChI is InChI=1S/C52H36N2O/c1-4-13-35(14-5-1)36-25-29-41(30-26-36)48-34-47(40-17-8-3-9-18-40)53-52(54-48)45-21-12-22-50-51(45)46-33-42(31-32-49(46)55-50)37-23-27-39(28-24-37)44-20-11-10-19-43(44)38-15-6-2-7-16-38/h2-4,6-34H,1,5H2. The predicted octanol–water partition coefficient (Wildman–Crippen LogP) is 14.1. The molecule has 0 unspecified atom stereocenters. The summed E-state index contributed by atoms with van der Waals surface area (Å²) >= 11 is 0.